The zero-order valence-corrected chi connectivity index (χ0v) is 20.6. The predicted molar refractivity (Wildman–Crippen MR) is 141 cm³/mol. The van der Waals surface area contributed by atoms with E-state index in [1.54, 1.807) is 19.3 Å². The number of amides is 1. The monoisotopic (exact) mass is 494 g/mol. The second-order valence-corrected chi connectivity index (χ2v) is 8.98. The van der Waals surface area contributed by atoms with E-state index in [1.807, 2.05) is 71.1 Å². The zero-order chi connectivity index (χ0) is 25.4. The highest BCUT2D eigenvalue weighted by molar-refractivity contribution is 5.73. The topological polar surface area (TPSA) is 105 Å². The Morgan fingerprint density at radius 3 is 2.54 bits per heavy atom. The third kappa shape index (κ3) is 4.61. The number of imidazole rings is 1. The smallest absolute Gasteiger partial charge is 0.228 e. The van der Waals surface area contributed by atoms with Crippen molar-refractivity contribution < 1.29 is 9.21 Å². The summed E-state index contributed by atoms with van der Waals surface area (Å²) >= 11 is 0. The Hall–Kier alpha value is -4.73. The van der Waals surface area contributed by atoms with Crippen LogP contribution in [-0.4, -0.2) is 61.3 Å². The number of anilines is 3. The molecule has 5 aromatic rings. The lowest BCUT2D eigenvalue weighted by molar-refractivity contribution is -0.129. The zero-order valence-electron chi connectivity index (χ0n) is 20.6. The number of hydrogen-bond acceptors (Lipinski definition) is 8. The average Bonchev–Trinajstić information content (AvgIpc) is 3.55. The third-order valence-corrected chi connectivity index (χ3v) is 6.53. The number of hydrogen-bond donors (Lipinski definition) is 1. The van der Waals surface area contributed by atoms with E-state index in [-0.39, 0.29) is 5.91 Å². The van der Waals surface area contributed by atoms with Crippen molar-refractivity contribution in [1.82, 2.24) is 29.2 Å². The average molecular weight is 495 g/mol. The molecule has 0 bridgehead atoms. The minimum Gasteiger partial charge on any atom is -0.461 e. The summed E-state index contributed by atoms with van der Waals surface area (Å²) in [4.78, 5) is 33.8. The van der Waals surface area contributed by atoms with Crippen LogP contribution in [0, 0.1) is 6.92 Å². The first-order valence-electron chi connectivity index (χ1n) is 12.1. The summed E-state index contributed by atoms with van der Waals surface area (Å²) in [5.74, 6) is 2.89. The number of carbonyl (C=O) groups excluding carboxylic acids is 1. The Balaban J connectivity index is 1.20. The largest absolute Gasteiger partial charge is 0.461 e. The minimum atomic E-state index is 0.122. The van der Waals surface area contributed by atoms with Gasteiger partial charge in [0.05, 0.1) is 29.5 Å². The van der Waals surface area contributed by atoms with Crippen LogP contribution in [0.4, 0.5) is 17.5 Å². The van der Waals surface area contributed by atoms with Gasteiger partial charge in [-0.1, -0.05) is 0 Å². The number of piperazine rings is 1. The van der Waals surface area contributed by atoms with Crippen molar-refractivity contribution in [2.45, 2.75) is 13.8 Å². The number of aryl methyl sites for hydroxylation is 1. The van der Waals surface area contributed by atoms with Crippen LogP contribution in [0.1, 0.15) is 12.7 Å². The summed E-state index contributed by atoms with van der Waals surface area (Å²) in [6.07, 6.45) is 7.35. The van der Waals surface area contributed by atoms with Crippen LogP contribution in [0.2, 0.25) is 0 Å². The third-order valence-electron chi connectivity index (χ3n) is 6.53. The molecule has 1 saturated heterocycles. The van der Waals surface area contributed by atoms with Crippen LogP contribution in [0.3, 0.4) is 0 Å². The maximum absolute atomic E-state index is 11.6. The van der Waals surface area contributed by atoms with Crippen molar-refractivity contribution in [2.24, 2.45) is 0 Å². The minimum absolute atomic E-state index is 0.122. The molecule has 1 fully saturated rings. The number of nitrogens with zero attached hydrogens (tertiary/aromatic N) is 7. The van der Waals surface area contributed by atoms with E-state index in [0.29, 0.717) is 11.8 Å². The number of aromatic nitrogens is 5. The molecule has 37 heavy (non-hydrogen) atoms. The van der Waals surface area contributed by atoms with Gasteiger partial charge in [0, 0.05) is 51.1 Å². The molecular formula is C27H26N8O2. The second kappa shape index (κ2) is 9.38. The Bertz CT molecular complexity index is 1570. The van der Waals surface area contributed by atoms with Crippen molar-refractivity contribution >= 4 is 29.0 Å². The molecule has 10 heteroatoms. The molecule has 186 valence electrons. The maximum atomic E-state index is 11.6. The van der Waals surface area contributed by atoms with Gasteiger partial charge in [0.15, 0.2) is 0 Å². The normalized spacial score (nSPS) is 13.8. The number of fused-ring (bicyclic) bond motifs is 1. The number of furan rings is 1. The number of nitrogens with one attached hydrogen (secondary N) is 1. The van der Waals surface area contributed by atoms with Gasteiger partial charge in [0.2, 0.25) is 11.9 Å². The number of carbonyl (C=O) groups is 1. The Kier molecular flexibility index (Phi) is 5.76. The van der Waals surface area contributed by atoms with Gasteiger partial charge in [-0.05, 0) is 49.4 Å². The van der Waals surface area contributed by atoms with E-state index in [4.69, 9.17) is 9.40 Å². The molecule has 6 rings (SSSR count). The molecule has 0 radical (unpaired) electrons. The Morgan fingerprint density at radius 2 is 1.81 bits per heavy atom. The molecule has 1 aliphatic rings. The Labute approximate surface area is 213 Å². The summed E-state index contributed by atoms with van der Waals surface area (Å²) in [7, 11) is 0. The first-order valence-corrected chi connectivity index (χ1v) is 12.1. The molecule has 5 aromatic heterocycles. The predicted octanol–water partition coefficient (Wildman–Crippen LogP) is 4.17. The molecule has 0 spiro atoms. The summed E-state index contributed by atoms with van der Waals surface area (Å²) in [6.45, 7) is 6.58. The van der Waals surface area contributed by atoms with E-state index in [9.17, 15) is 4.79 Å². The molecule has 1 aliphatic heterocycles. The van der Waals surface area contributed by atoms with Crippen molar-refractivity contribution in [1.29, 1.82) is 0 Å². The van der Waals surface area contributed by atoms with Gasteiger partial charge in [-0.25, -0.2) is 19.9 Å². The number of rotatable bonds is 5. The van der Waals surface area contributed by atoms with E-state index in [1.165, 1.54) is 0 Å². The second-order valence-electron chi connectivity index (χ2n) is 8.98. The van der Waals surface area contributed by atoms with Crippen LogP contribution < -0.4 is 10.2 Å². The lowest BCUT2D eigenvalue weighted by Crippen LogP contribution is -2.48. The van der Waals surface area contributed by atoms with Crippen molar-refractivity contribution in [2.75, 3.05) is 36.4 Å². The first-order chi connectivity index (χ1) is 18.0. The lowest BCUT2D eigenvalue weighted by Gasteiger charge is -2.35. The summed E-state index contributed by atoms with van der Waals surface area (Å²) in [5, 5.41) is 3.20. The SMILES string of the molecule is CC(=O)N1CCN(c2ccc(Nc3nccc(-c4cnc5ccc(-c6ccc(C)o6)cn45)n3)nc2)CC1. The molecule has 0 unspecified atom stereocenters. The van der Waals surface area contributed by atoms with Gasteiger partial charge >= 0.3 is 0 Å². The fourth-order valence-corrected chi connectivity index (χ4v) is 4.51. The molecule has 6 heterocycles. The molecule has 10 nitrogen and oxygen atoms in total. The number of pyridine rings is 2. The molecule has 0 saturated carbocycles. The van der Waals surface area contributed by atoms with Crippen LogP contribution >= 0.6 is 0 Å². The molecule has 0 atom stereocenters. The summed E-state index contributed by atoms with van der Waals surface area (Å²) in [5.41, 5.74) is 4.38. The molecule has 0 aromatic carbocycles. The van der Waals surface area contributed by atoms with E-state index in [0.717, 1.165) is 66.0 Å². The lowest BCUT2D eigenvalue weighted by atomic mass is 10.2. The fourth-order valence-electron chi connectivity index (χ4n) is 4.51. The van der Waals surface area contributed by atoms with Crippen molar-refractivity contribution in [3.8, 4) is 22.7 Å². The van der Waals surface area contributed by atoms with Crippen LogP contribution in [0.5, 0.6) is 0 Å². The van der Waals surface area contributed by atoms with Crippen LogP contribution in [0.25, 0.3) is 28.4 Å². The highest BCUT2D eigenvalue weighted by Gasteiger charge is 2.19. The van der Waals surface area contributed by atoms with E-state index >= 15 is 0 Å². The highest BCUT2D eigenvalue weighted by atomic mass is 16.3. The maximum Gasteiger partial charge on any atom is 0.228 e. The Morgan fingerprint density at radius 1 is 0.946 bits per heavy atom. The van der Waals surface area contributed by atoms with Crippen molar-refractivity contribution in [3.63, 3.8) is 0 Å². The molecule has 1 N–H and O–H groups in total. The van der Waals surface area contributed by atoms with E-state index in [2.05, 4.69) is 25.2 Å². The van der Waals surface area contributed by atoms with E-state index < -0.39 is 0 Å². The van der Waals surface area contributed by atoms with Gasteiger partial charge in [0.1, 0.15) is 23.0 Å². The van der Waals surface area contributed by atoms with Crippen molar-refractivity contribution in [3.05, 3.63) is 73.0 Å². The van der Waals surface area contributed by atoms with Gasteiger partial charge in [0.25, 0.3) is 0 Å². The van der Waals surface area contributed by atoms with Gasteiger partial charge < -0.3 is 19.5 Å². The standard InChI is InChI=1S/C27H26N8O2/c1-18-3-6-24(37-18)20-4-8-26-30-16-23(35(26)17-20)22-9-10-28-27(31-22)32-25-7-5-21(15-29-25)34-13-11-33(12-14-34)19(2)36/h3-10,15-17H,11-14H2,1-2H3,(H,28,29,31,32). The summed E-state index contributed by atoms with van der Waals surface area (Å²) in [6, 6.07) is 13.7. The fraction of sp³-hybridized carbons (Fsp3) is 0.222. The summed E-state index contributed by atoms with van der Waals surface area (Å²) < 4.78 is 7.79. The molecule has 1 amide bonds. The quantitative estimate of drug-likeness (QED) is 0.388. The van der Waals surface area contributed by atoms with Gasteiger partial charge in [-0.3, -0.25) is 9.20 Å². The van der Waals surface area contributed by atoms with Gasteiger partial charge in [-0.15, -0.1) is 0 Å². The van der Waals surface area contributed by atoms with Crippen LogP contribution in [0.15, 0.2) is 71.7 Å². The molecule has 0 aliphatic carbocycles. The first kappa shape index (κ1) is 22.7. The van der Waals surface area contributed by atoms with Gasteiger partial charge in [-0.2, -0.15) is 0 Å². The highest BCUT2D eigenvalue weighted by Crippen LogP contribution is 2.26. The van der Waals surface area contributed by atoms with Crippen LogP contribution in [-0.2, 0) is 4.79 Å². The molecular weight excluding hydrogens is 468 g/mol.